The first-order valence-corrected chi connectivity index (χ1v) is 13.5. The molecule has 4 heteroatoms. The highest BCUT2D eigenvalue weighted by molar-refractivity contribution is 5.16. The smallest absolute Gasteiger partial charge is 0.125 e. The Morgan fingerprint density at radius 2 is 1.68 bits per heavy atom. The number of ether oxygens (including phenoxy) is 1. The highest BCUT2D eigenvalue weighted by Gasteiger charge is 2.69. The molecule has 4 aliphatic carbocycles. The van der Waals surface area contributed by atoms with Crippen LogP contribution < -0.4 is 5.32 Å². The van der Waals surface area contributed by atoms with Crippen LogP contribution in [0.5, 0.6) is 0 Å². The van der Waals surface area contributed by atoms with Crippen molar-refractivity contribution in [3.8, 4) is 0 Å². The minimum Gasteiger partial charge on any atom is -0.393 e. The summed E-state index contributed by atoms with van der Waals surface area (Å²) in [6.07, 6.45) is 10.7. The van der Waals surface area contributed by atoms with Crippen molar-refractivity contribution in [2.45, 2.75) is 110 Å². The van der Waals surface area contributed by atoms with E-state index in [9.17, 15) is 10.2 Å². The number of aliphatic hydroxyl groups is 2. The zero-order valence-electron chi connectivity index (χ0n) is 20.1. The summed E-state index contributed by atoms with van der Waals surface area (Å²) < 4.78 is 6.92. The Morgan fingerprint density at radius 1 is 0.903 bits per heavy atom. The predicted molar refractivity (Wildman–Crippen MR) is 121 cm³/mol. The SMILES string of the molecule is CC1CNC2(CC1O)OC1CC3C4CCC5CC(O)CCC5(C)C4CCC3(C)C1C2C. The Labute approximate surface area is 188 Å². The maximum absolute atomic E-state index is 10.7. The molecule has 0 aromatic heterocycles. The van der Waals surface area contributed by atoms with Gasteiger partial charge in [0.05, 0.1) is 18.3 Å². The Kier molecular flexibility index (Phi) is 4.78. The molecule has 0 radical (unpaired) electrons. The van der Waals surface area contributed by atoms with Gasteiger partial charge in [-0.15, -0.1) is 0 Å². The highest BCUT2D eigenvalue weighted by Crippen LogP contribution is 2.71. The van der Waals surface area contributed by atoms with E-state index in [1.807, 2.05) is 0 Å². The van der Waals surface area contributed by atoms with E-state index in [2.05, 4.69) is 33.0 Å². The van der Waals surface area contributed by atoms with Gasteiger partial charge >= 0.3 is 0 Å². The van der Waals surface area contributed by atoms with Crippen molar-refractivity contribution in [1.82, 2.24) is 5.32 Å². The van der Waals surface area contributed by atoms with Crippen molar-refractivity contribution in [1.29, 1.82) is 0 Å². The van der Waals surface area contributed by atoms with E-state index < -0.39 is 0 Å². The normalized spacial score (nSPS) is 63.3. The van der Waals surface area contributed by atoms with Crippen molar-refractivity contribution >= 4 is 0 Å². The first-order valence-electron chi connectivity index (χ1n) is 13.5. The second-order valence-electron chi connectivity index (χ2n) is 13.4. The fourth-order valence-corrected chi connectivity index (χ4v) is 10.4. The zero-order chi connectivity index (χ0) is 21.8. The van der Waals surface area contributed by atoms with Crippen LogP contribution in [0, 0.1) is 52.3 Å². The summed E-state index contributed by atoms with van der Waals surface area (Å²) in [6.45, 7) is 10.6. The van der Waals surface area contributed by atoms with Crippen LogP contribution in [0.4, 0.5) is 0 Å². The first-order chi connectivity index (χ1) is 14.7. The quantitative estimate of drug-likeness (QED) is 0.534. The molecule has 31 heavy (non-hydrogen) atoms. The van der Waals surface area contributed by atoms with Crippen LogP contribution in [0.25, 0.3) is 0 Å². The van der Waals surface area contributed by atoms with Crippen LogP contribution in [0.15, 0.2) is 0 Å². The lowest BCUT2D eigenvalue weighted by atomic mass is 9.44. The van der Waals surface area contributed by atoms with E-state index in [1.165, 1.54) is 38.5 Å². The summed E-state index contributed by atoms with van der Waals surface area (Å²) in [7, 11) is 0. The maximum Gasteiger partial charge on any atom is 0.125 e. The number of hydrogen-bond donors (Lipinski definition) is 3. The molecule has 1 spiro atoms. The van der Waals surface area contributed by atoms with E-state index in [0.29, 0.717) is 34.7 Å². The average molecular weight is 432 g/mol. The highest BCUT2D eigenvalue weighted by atomic mass is 16.5. The second kappa shape index (κ2) is 6.93. The lowest BCUT2D eigenvalue weighted by molar-refractivity contribution is -0.151. The van der Waals surface area contributed by atoms with Gasteiger partial charge in [-0.2, -0.15) is 0 Å². The molecule has 2 heterocycles. The minimum atomic E-state index is -0.310. The lowest BCUT2D eigenvalue weighted by Crippen LogP contribution is -2.60. The predicted octanol–water partition coefficient (Wildman–Crippen LogP) is 4.34. The topological polar surface area (TPSA) is 61.7 Å². The van der Waals surface area contributed by atoms with Crippen LogP contribution in [-0.4, -0.2) is 40.8 Å². The third kappa shape index (κ3) is 2.80. The van der Waals surface area contributed by atoms with E-state index in [0.717, 1.165) is 49.5 Å². The fraction of sp³-hybridized carbons (Fsp3) is 1.00. The molecule has 6 aliphatic rings. The van der Waals surface area contributed by atoms with Gasteiger partial charge in [0.1, 0.15) is 5.72 Å². The lowest BCUT2D eigenvalue weighted by Gasteiger charge is -2.61. The second-order valence-corrected chi connectivity index (χ2v) is 13.4. The summed E-state index contributed by atoms with van der Waals surface area (Å²) in [5, 5.41) is 24.7. The Bertz CT molecular complexity index is 729. The fourth-order valence-electron chi connectivity index (χ4n) is 10.4. The van der Waals surface area contributed by atoms with Gasteiger partial charge in [-0.25, -0.2) is 0 Å². The zero-order valence-corrected chi connectivity index (χ0v) is 20.1. The van der Waals surface area contributed by atoms with Gasteiger partial charge in [0.2, 0.25) is 0 Å². The molecule has 3 N–H and O–H groups in total. The first kappa shape index (κ1) is 21.4. The molecular weight excluding hydrogens is 386 g/mol. The molecule has 0 amide bonds. The van der Waals surface area contributed by atoms with E-state index >= 15 is 0 Å². The largest absolute Gasteiger partial charge is 0.393 e. The summed E-state index contributed by atoms with van der Waals surface area (Å²) in [5.41, 5.74) is 0.511. The average Bonchev–Trinajstić information content (AvgIpc) is 3.16. The van der Waals surface area contributed by atoms with Crippen LogP contribution >= 0.6 is 0 Å². The number of fused-ring (bicyclic) bond motifs is 7. The molecule has 4 saturated carbocycles. The molecule has 0 bridgehead atoms. The third-order valence-corrected chi connectivity index (χ3v) is 12.3. The molecule has 2 aliphatic heterocycles. The standard InChI is InChI=1S/C27H45NO3/c1-15-14-28-27(13-22(15)30)16(2)24-23(31-27)12-21-19-6-5-17-11-18(29)7-9-25(17,3)20(19)8-10-26(21,24)4/h15-24,28-30H,5-14H2,1-4H3. The molecule has 0 aromatic rings. The van der Waals surface area contributed by atoms with Gasteiger partial charge in [-0.05, 0) is 97.7 Å². The van der Waals surface area contributed by atoms with Crippen LogP contribution in [-0.2, 0) is 4.74 Å². The number of piperidine rings is 1. The molecule has 13 unspecified atom stereocenters. The monoisotopic (exact) mass is 431 g/mol. The van der Waals surface area contributed by atoms with Gasteiger partial charge in [0.15, 0.2) is 0 Å². The van der Waals surface area contributed by atoms with Crippen LogP contribution in [0.1, 0.15) is 85.5 Å². The van der Waals surface area contributed by atoms with Crippen LogP contribution in [0.3, 0.4) is 0 Å². The molecule has 176 valence electrons. The molecular formula is C27H45NO3. The van der Waals surface area contributed by atoms with Crippen molar-refractivity contribution in [3.63, 3.8) is 0 Å². The Hall–Kier alpha value is -0.160. The van der Waals surface area contributed by atoms with Gasteiger partial charge in [0.25, 0.3) is 0 Å². The molecule has 4 nitrogen and oxygen atoms in total. The van der Waals surface area contributed by atoms with Crippen molar-refractivity contribution < 1.29 is 14.9 Å². The Balaban J connectivity index is 1.26. The van der Waals surface area contributed by atoms with Crippen LogP contribution in [0.2, 0.25) is 0 Å². The third-order valence-electron chi connectivity index (χ3n) is 12.3. The molecule has 2 saturated heterocycles. The number of hydrogen-bond acceptors (Lipinski definition) is 4. The molecule has 6 rings (SSSR count). The van der Waals surface area contributed by atoms with E-state index in [4.69, 9.17) is 4.74 Å². The van der Waals surface area contributed by atoms with Crippen molar-refractivity contribution in [2.75, 3.05) is 6.54 Å². The molecule has 13 atom stereocenters. The number of nitrogens with one attached hydrogen (secondary N) is 1. The van der Waals surface area contributed by atoms with Gasteiger partial charge in [0, 0.05) is 18.9 Å². The number of aliphatic hydroxyl groups excluding tert-OH is 2. The Morgan fingerprint density at radius 3 is 2.45 bits per heavy atom. The minimum absolute atomic E-state index is 0.0548. The summed E-state index contributed by atoms with van der Waals surface area (Å²) in [5.74, 6) is 4.60. The maximum atomic E-state index is 10.7. The van der Waals surface area contributed by atoms with E-state index in [1.54, 1.807) is 0 Å². The van der Waals surface area contributed by atoms with Crippen molar-refractivity contribution in [3.05, 3.63) is 0 Å². The summed E-state index contributed by atoms with van der Waals surface area (Å²) >= 11 is 0. The van der Waals surface area contributed by atoms with Crippen molar-refractivity contribution in [2.24, 2.45) is 52.3 Å². The summed E-state index contributed by atoms with van der Waals surface area (Å²) in [4.78, 5) is 0. The summed E-state index contributed by atoms with van der Waals surface area (Å²) in [6, 6.07) is 0. The molecule has 0 aromatic carbocycles. The van der Waals surface area contributed by atoms with Gasteiger partial charge in [-0.3, -0.25) is 5.32 Å². The van der Waals surface area contributed by atoms with E-state index in [-0.39, 0.29) is 17.9 Å². The molecule has 6 fully saturated rings. The van der Waals surface area contributed by atoms with Gasteiger partial charge in [-0.1, -0.05) is 27.7 Å². The van der Waals surface area contributed by atoms with Gasteiger partial charge < -0.3 is 14.9 Å². The number of rotatable bonds is 0.